The monoisotopic (exact) mass is 247 g/mol. The Morgan fingerprint density at radius 3 is 3.00 bits per heavy atom. The number of aromatic amines is 1. The van der Waals surface area contributed by atoms with Crippen molar-refractivity contribution in [3.8, 4) is 0 Å². The Hall–Kier alpha value is -2.24. The number of rotatable bonds is 6. The number of anilines is 2. The molecule has 0 aliphatic carbocycles. The highest BCUT2D eigenvalue weighted by molar-refractivity contribution is 5.80. The van der Waals surface area contributed by atoms with Gasteiger partial charge in [0.05, 0.1) is 11.0 Å². The fourth-order valence-electron chi connectivity index (χ4n) is 1.74. The molecule has 6 heteroatoms. The first-order valence-corrected chi connectivity index (χ1v) is 5.92. The molecule has 0 aliphatic rings. The summed E-state index contributed by atoms with van der Waals surface area (Å²) in [7, 11) is 0. The van der Waals surface area contributed by atoms with Gasteiger partial charge >= 0.3 is 0 Å². The van der Waals surface area contributed by atoms with E-state index < -0.39 is 0 Å². The number of H-pyrrole nitrogens is 1. The number of nitrogen functional groups attached to an aromatic ring is 1. The van der Waals surface area contributed by atoms with Crippen molar-refractivity contribution in [2.45, 2.75) is 19.3 Å². The largest absolute Gasteiger partial charge is 0.399 e. The fraction of sp³-hybridized carbons (Fsp3) is 0.333. The van der Waals surface area contributed by atoms with E-state index in [-0.39, 0.29) is 5.91 Å². The second-order valence-electron chi connectivity index (χ2n) is 4.21. The Morgan fingerprint density at radius 2 is 2.22 bits per heavy atom. The van der Waals surface area contributed by atoms with E-state index in [0.717, 1.165) is 36.4 Å². The van der Waals surface area contributed by atoms with Crippen LogP contribution in [0.1, 0.15) is 19.3 Å². The lowest BCUT2D eigenvalue weighted by atomic mass is 10.2. The summed E-state index contributed by atoms with van der Waals surface area (Å²) in [5.41, 5.74) is 13.2. The number of primary amides is 1. The van der Waals surface area contributed by atoms with E-state index in [0.29, 0.717) is 12.1 Å². The van der Waals surface area contributed by atoms with E-state index in [1.165, 1.54) is 0 Å². The van der Waals surface area contributed by atoms with Gasteiger partial charge in [0.15, 0.2) is 0 Å². The number of nitrogens with zero attached hydrogens (tertiary/aromatic N) is 1. The van der Waals surface area contributed by atoms with Gasteiger partial charge in [-0.1, -0.05) is 0 Å². The van der Waals surface area contributed by atoms with E-state index in [9.17, 15) is 4.79 Å². The van der Waals surface area contributed by atoms with Crippen LogP contribution in [-0.2, 0) is 4.79 Å². The summed E-state index contributed by atoms with van der Waals surface area (Å²) in [6.45, 7) is 0.753. The van der Waals surface area contributed by atoms with Crippen LogP contribution in [0.15, 0.2) is 18.2 Å². The predicted molar refractivity (Wildman–Crippen MR) is 72.0 cm³/mol. The van der Waals surface area contributed by atoms with Crippen LogP contribution in [-0.4, -0.2) is 22.4 Å². The van der Waals surface area contributed by atoms with E-state index in [4.69, 9.17) is 11.5 Å². The maximum atomic E-state index is 10.6. The number of fused-ring (bicyclic) bond motifs is 1. The molecular formula is C12H17N5O. The summed E-state index contributed by atoms with van der Waals surface area (Å²) in [5.74, 6) is 0.462. The number of carbonyl (C=O) groups excluding carboxylic acids is 1. The Kier molecular flexibility index (Phi) is 3.66. The van der Waals surface area contributed by atoms with Gasteiger partial charge in [-0.3, -0.25) is 4.79 Å². The number of carbonyl (C=O) groups is 1. The van der Waals surface area contributed by atoms with Gasteiger partial charge in [-0.15, -0.1) is 0 Å². The van der Waals surface area contributed by atoms with Crippen molar-refractivity contribution in [1.29, 1.82) is 0 Å². The van der Waals surface area contributed by atoms with Gasteiger partial charge in [-0.2, -0.15) is 0 Å². The van der Waals surface area contributed by atoms with E-state index in [1.54, 1.807) is 0 Å². The highest BCUT2D eigenvalue weighted by Gasteiger charge is 2.02. The molecule has 0 aliphatic heterocycles. The number of nitrogens with two attached hydrogens (primary N) is 2. The molecule has 2 rings (SSSR count). The highest BCUT2D eigenvalue weighted by Crippen LogP contribution is 2.17. The van der Waals surface area contributed by atoms with Gasteiger partial charge < -0.3 is 21.8 Å². The number of nitrogens with one attached hydrogen (secondary N) is 2. The summed E-state index contributed by atoms with van der Waals surface area (Å²) in [4.78, 5) is 18.1. The Balaban J connectivity index is 1.86. The lowest BCUT2D eigenvalue weighted by Gasteiger charge is -2.01. The molecule has 0 atom stereocenters. The second-order valence-corrected chi connectivity index (χ2v) is 4.21. The molecule has 0 radical (unpaired) electrons. The number of amides is 1. The standard InChI is InChI=1S/C12H17N5O/c13-8-4-5-9-10(7-8)17-12(16-9)15-6-2-1-3-11(14)18/h4-5,7H,1-3,6,13H2,(H2,14,18)(H2,15,16,17). The van der Waals surface area contributed by atoms with Crippen LogP contribution in [0.25, 0.3) is 11.0 Å². The predicted octanol–water partition coefficient (Wildman–Crippen LogP) is 1.21. The molecule has 0 spiro atoms. The van der Waals surface area contributed by atoms with Crippen molar-refractivity contribution in [1.82, 2.24) is 9.97 Å². The van der Waals surface area contributed by atoms with Crippen LogP contribution < -0.4 is 16.8 Å². The second kappa shape index (κ2) is 5.39. The first kappa shape index (κ1) is 12.2. The van der Waals surface area contributed by atoms with Crippen molar-refractivity contribution < 1.29 is 4.79 Å². The van der Waals surface area contributed by atoms with Gasteiger partial charge in [-0.05, 0) is 31.0 Å². The van der Waals surface area contributed by atoms with Crippen molar-refractivity contribution >= 4 is 28.6 Å². The number of unbranched alkanes of at least 4 members (excludes halogenated alkanes) is 1. The molecule has 1 heterocycles. The van der Waals surface area contributed by atoms with Crippen LogP contribution in [0.2, 0.25) is 0 Å². The molecule has 96 valence electrons. The van der Waals surface area contributed by atoms with E-state index in [1.807, 2.05) is 18.2 Å². The molecule has 1 aromatic carbocycles. The number of imidazole rings is 1. The van der Waals surface area contributed by atoms with Gasteiger partial charge in [0.1, 0.15) is 0 Å². The van der Waals surface area contributed by atoms with Crippen molar-refractivity contribution in [2.24, 2.45) is 5.73 Å². The maximum absolute atomic E-state index is 10.6. The summed E-state index contributed by atoms with van der Waals surface area (Å²) in [6, 6.07) is 5.54. The first-order chi connectivity index (χ1) is 8.65. The van der Waals surface area contributed by atoms with Crippen molar-refractivity contribution in [3.05, 3.63) is 18.2 Å². The van der Waals surface area contributed by atoms with Crippen LogP contribution >= 0.6 is 0 Å². The molecule has 0 saturated heterocycles. The quantitative estimate of drug-likeness (QED) is 0.454. The van der Waals surface area contributed by atoms with Crippen LogP contribution in [0.3, 0.4) is 0 Å². The summed E-state index contributed by atoms with van der Waals surface area (Å²) in [5, 5.41) is 3.17. The molecule has 0 saturated carbocycles. The Morgan fingerprint density at radius 1 is 1.39 bits per heavy atom. The molecule has 0 fully saturated rings. The minimum Gasteiger partial charge on any atom is -0.399 e. The SMILES string of the molecule is NC(=O)CCCCNc1nc2ccc(N)cc2[nH]1. The van der Waals surface area contributed by atoms with Crippen LogP contribution in [0.5, 0.6) is 0 Å². The minimum absolute atomic E-state index is 0.255. The fourth-order valence-corrected chi connectivity index (χ4v) is 1.74. The van der Waals surface area contributed by atoms with E-state index in [2.05, 4.69) is 15.3 Å². The van der Waals surface area contributed by atoms with Crippen LogP contribution in [0.4, 0.5) is 11.6 Å². The lowest BCUT2D eigenvalue weighted by molar-refractivity contribution is -0.118. The molecule has 0 bridgehead atoms. The third kappa shape index (κ3) is 3.13. The molecule has 18 heavy (non-hydrogen) atoms. The average Bonchev–Trinajstić information content (AvgIpc) is 2.70. The van der Waals surface area contributed by atoms with Crippen molar-refractivity contribution in [3.63, 3.8) is 0 Å². The molecule has 6 N–H and O–H groups in total. The minimum atomic E-state index is -0.255. The van der Waals surface area contributed by atoms with Gasteiger partial charge in [0.25, 0.3) is 0 Å². The number of benzene rings is 1. The molecule has 1 aromatic heterocycles. The third-order valence-corrected chi connectivity index (χ3v) is 2.65. The lowest BCUT2D eigenvalue weighted by Crippen LogP contribution is -2.11. The number of hydrogen-bond donors (Lipinski definition) is 4. The summed E-state index contributed by atoms with van der Waals surface area (Å²) >= 11 is 0. The first-order valence-electron chi connectivity index (χ1n) is 5.92. The zero-order valence-corrected chi connectivity index (χ0v) is 10.1. The normalized spacial score (nSPS) is 10.7. The molecule has 6 nitrogen and oxygen atoms in total. The zero-order valence-electron chi connectivity index (χ0n) is 10.1. The zero-order chi connectivity index (χ0) is 13.0. The van der Waals surface area contributed by atoms with Gasteiger partial charge in [-0.25, -0.2) is 4.98 Å². The maximum Gasteiger partial charge on any atom is 0.217 e. The Bertz CT molecular complexity index is 548. The molecular weight excluding hydrogens is 230 g/mol. The highest BCUT2D eigenvalue weighted by atomic mass is 16.1. The molecule has 2 aromatic rings. The topological polar surface area (TPSA) is 110 Å². The Labute approximate surface area is 105 Å². The number of aromatic nitrogens is 2. The van der Waals surface area contributed by atoms with Gasteiger partial charge in [0, 0.05) is 18.7 Å². The van der Waals surface area contributed by atoms with Crippen molar-refractivity contribution in [2.75, 3.05) is 17.6 Å². The number of hydrogen-bond acceptors (Lipinski definition) is 4. The molecule has 1 amide bonds. The average molecular weight is 247 g/mol. The van der Waals surface area contributed by atoms with E-state index >= 15 is 0 Å². The third-order valence-electron chi connectivity index (χ3n) is 2.65. The summed E-state index contributed by atoms with van der Waals surface area (Å²) in [6.07, 6.45) is 2.09. The summed E-state index contributed by atoms with van der Waals surface area (Å²) < 4.78 is 0. The van der Waals surface area contributed by atoms with Crippen LogP contribution in [0, 0.1) is 0 Å². The smallest absolute Gasteiger partial charge is 0.217 e. The molecule has 0 unspecified atom stereocenters. The van der Waals surface area contributed by atoms with Gasteiger partial charge in [0.2, 0.25) is 11.9 Å².